The summed E-state index contributed by atoms with van der Waals surface area (Å²) >= 11 is 5.63. The lowest BCUT2D eigenvalue weighted by atomic mass is 10.4. The molecular formula is C8H10ClN3O3. The van der Waals surface area contributed by atoms with Gasteiger partial charge >= 0.3 is 5.82 Å². The lowest BCUT2D eigenvalue weighted by molar-refractivity contribution is -0.389. The van der Waals surface area contributed by atoms with Crippen LogP contribution in [0.25, 0.3) is 0 Å². The van der Waals surface area contributed by atoms with Crippen LogP contribution in [-0.4, -0.2) is 27.7 Å². The number of hydrogen-bond donors (Lipinski definition) is 2. The Bertz CT molecular complexity index is 375. The Morgan fingerprint density at radius 1 is 1.73 bits per heavy atom. The highest BCUT2D eigenvalue weighted by Crippen LogP contribution is 2.09. The van der Waals surface area contributed by atoms with Gasteiger partial charge in [0.15, 0.2) is 5.69 Å². The van der Waals surface area contributed by atoms with Crippen molar-refractivity contribution in [1.29, 1.82) is 0 Å². The van der Waals surface area contributed by atoms with Crippen LogP contribution in [0.2, 0.25) is 0 Å². The number of nitrogens with one attached hydrogen (secondary N) is 2. The molecule has 7 heteroatoms. The van der Waals surface area contributed by atoms with Crippen molar-refractivity contribution < 1.29 is 9.72 Å². The molecule has 1 amide bonds. The highest BCUT2D eigenvalue weighted by Gasteiger charge is 2.15. The molecule has 15 heavy (non-hydrogen) atoms. The SMILES string of the molecule is CC(Cl)CNC(=O)c1ccc([N+](=O)[O-])[nH]1. The normalized spacial score (nSPS) is 12.1. The van der Waals surface area contributed by atoms with E-state index in [-0.39, 0.29) is 16.9 Å². The molecule has 0 saturated carbocycles. The second kappa shape index (κ2) is 4.79. The number of halogens is 1. The fraction of sp³-hybridized carbons (Fsp3) is 0.375. The summed E-state index contributed by atoms with van der Waals surface area (Å²) in [5, 5.41) is 12.7. The van der Waals surface area contributed by atoms with Gasteiger partial charge in [-0.15, -0.1) is 11.6 Å². The first-order valence-corrected chi connectivity index (χ1v) is 4.70. The number of alkyl halides is 1. The highest BCUT2D eigenvalue weighted by atomic mass is 35.5. The van der Waals surface area contributed by atoms with E-state index in [1.54, 1.807) is 6.92 Å². The topological polar surface area (TPSA) is 88.0 Å². The first-order valence-electron chi connectivity index (χ1n) is 4.26. The number of amides is 1. The van der Waals surface area contributed by atoms with Crippen LogP contribution >= 0.6 is 11.6 Å². The minimum atomic E-state index is -0.596. The van der Waals surface area contributed by atoms with E-state index in [4.69, 9.17) is 11.6 Å². The van der Waals surface area contributed by atoms with Crippen molar-refractivity contribution >= 4 is 23.3 Å². The predicted molar refractivity (Wildman–Crippen MR) is 55.1 cm³/mol. The van der Waals surface area contributed by atoms with Gasteiger partial charge in [-0.05, 0) is 17.9 Å². The van der Waals surface area contributed by atoms with Gasteiger partial charge in [-0.2, -0.15) is 0 Å². The van der Waals surface area contributed by atoms with Crippen molar-refractivity contribution in [3.8, 4) is 0 Å². The minimum Gasteiger partial charge on any atom is -0.358 e. The number of carbonyl (C=O) groups excluding carboxylic acids is 1. The molecule has 1 aromatic rings. The van der Waals surface area contributed by atoms with Gasteiger partial charge in [-0.3, -0.25) is 4.79 Å². The van der Waals surface area contributed by atoms with E-state index in [0.29, 0.717) is 6.54 Å². The quantitative estimate of drug-likeness (QED) is 0.465. The molecule has 0 aliphatic rings. The molecular weight excluding hydrogens is 222 g/mol. The zero-order chi connectivity index (χ0) is 11.4. The monoisotopic (exact) mass is 231 g/mol. The zero-order valence-corrected chi connectivity index (χ0v) is 8.75. The number of aromatic nitrogens is 1. The fourth-order valence-corrected chi connectivity index (χ4v) is 1.03. The molecule has 0 radical (unpaired) electrons. The largest absolute Gasteiger partial charge is 0.358 e. The number of nitro groups is 1. The van der Waals surface area contributed by atoms with Crippen LogP contribution in [-0.2, 0) is 0 Å². The molecule has 1 unspecified atom stereocenters. The van der Waals surface area contributed by atoms with Crippen LogP contribution in [0, 0.1) is 10.1 Å². The Labute approximate surface area is 90.8 Å². The fourth-order valence-electron chi connectivity index (χ4n) is 0.951. The summed E-state index contributed by atoms with van der Waals surface area (Å²) in [6.45, 7) is 2.05. The average molecular weight is 232 g/mol. The smallest absolute Gasteiger partial charge is 0.321 e. The summed E-state index contributed by atoms with van der Waals surface area (Å²) < 4.78 is 0. The third kappa shape index (κ3) is 3.25. The van der Waals surface area contributed by atoms with E-state index < -0.39 is 10.8 Å². The van der Waals surface area contributed by atoms with E-state index >= 15 is 0 Å². The molecule has 1 atom stereocenters. The van der Waals surface area contributed by atoms with E-state index in [9.17, 15) is 14.9 Å². The van der Waals surface area contributed by atoms with E-state index in [1.165, 1.54) is 12.1 Å². The van der Waals surface area contributed by atoms with Gasteiger partial charge in [-0.1, -0.05) is 0 Å². The minimum absolute atomic E-state index is 0.152. The third-order valence-corrected chi connectivity index (χ3v) is 1.81. The van der Waals surface area contributed by atoms with Crippen LogP contribution in [0.15, 0.2) is 12.1 Å². The molecule has 0 aliphatic carbocycles. The Morgan fingerprint density at radius 2 is 2.40 bits per heavy atom. The van der Waals surface area contributed by atoms with Gasteiger partial charge < -0.3 is 15.4 Å². The second-order valence-corrected chi connectivity index (χ2v) is 3.75. The first kappa shape index (κ1) is 11.5. The van der Waals surface area contributed by atoms with Crippen LogP contribution in [0.5, 0.6) is 0 Å². The Hall–Kier alpha value is -1.56. The Kier molecular flexibility index (Phi) is 3.68. The number of hydrogen-bond acceptors (Lipinski definition) is 3. The molecule has 6 nitrogen and oxygen atoms in total. The van der Waals surface area contributed by atoms with Crippen LogP contribution in [0.1, 0.15) is 17.4 Å². The van der Waals surface area contributed by atoms with Crippen molar-refractivity contribution in [3.05, 3.63) is 27.9 Å². The molecule has 0 aliphatic heterocycles. The summed E-state index contributed by atoms with van der Waals surface area (Å²) in [5.41, 5.74) is 0.152. The van der Waals surface area contributed by atoms with Crippen molar-refractivity contribution in [3.63, 3.8) is 0 Å². The van der Waals surface area contributed by atoms with Crippen LogP contribution in [0.3, 0.4) is 0 Å². The molecule has 1 rings (SSSR count). The van der Waals surface area contributed by atoms with Crippen molar-refractivity contribution in [2.24, 2.45) is 0 Å². The van der Waals surface area contributed by atoms with E-state index in [0.717, 1.165) is 0 Å². The van der Waals surface area contributed by atoms with Gasteiger partial charge in [-0.25, -0.2) is 4.98 Å². The van der Waals surface area contributed by atoms with E-state index in [1.807, 2.05) is 0 Å². The standard InChI is InChI=1S/C8H10ClN3O3/c1-5(9)4-10-8(13)6-2-3-7(11-6)12(14)15/h2-3,5,11H,4H2,1H3,(H,10,13). The van der Waals surface area contributed by atoms with Gasteiger partial charge in [0.25, 0.3) is 5.91 Å². The molecule has 2 N–H and O–H groups in total. The maximum Gasteiger partial charge on any atom is 0.321 e. The molecule has 82 valence electrons. The number of H-pyrrole nitrogens is 1. The summed E-state index contributed by atoms with van der Waals surface area (Å²) in [6, 6.07) is 2.59. The average Bonchev–Trinajstić information content (AvgIpc) is 2.62. The van der Waals surface area contributed by atoms with Gasteiger partial charge in [0.1, 0.15) is 0 Å². The Morgan fingerprint density at radius 3 is 2.87 bits per heavy atom. The van der Waals surface area contributed by atoms with Crippen molar-refractivity contribution in [2.75, 3.05) is 6.54 Å². The van der Waals surface area contributed by atoms with E-state index in [2.05, 4.69) is 10.3 Å². The van der Waals surface area contributed by atoms with Crippen molar-refractivity contribution in [2.45, 2.75) is 12.3 Å². The highest BCUT2D eigenvalue weighted by molar-refractivity contribution is 6.20. The zero-order valence-electron chi connectivity index (χ0n) is 7.99. The molecule has 0 fully saturated rings. The molecule has 1 aromatic heterocycles. The van der Waals surface area contributed by atoms with Gasteiger partial charge in [0, 0.05) is 18.0 Å². The maximum absolute atomic E-state index is 11.4. The Balaban J connectivity index is 2.62. The molecule has 0 saturated heterocycles. The summed E-state index contributed by atoms with van der Waals surface area (Å²) in [7, 11) is 0. The van der Waals surface area contributed by atoms with Gasteiger partial charge in [0.05, 0.1) is 0 Å². The molecule has 0 bridgehead atoms. The predicted octanol–water partition coefficient (Wildman–Crippen LogP) is 1.28. The number of carbonyl (C=O) groups is 1. The van der Waals surface area contributed by atoms with Crippen LogP contribution in [0.4, 0.5) is 5.82 Å². The van der Waals surface area contributed by atoms with Gasteiger partial charge in [0.2, 0.25) is 0 Å². The molecule has 0 spiro atoms. The first-order chi connectivity index (χ1) is 7.00. The number of nitrogens with zero attached hydrogens (tertiary/aromatic N) is 1. The summed E-state index contributed by atoms with van der Waals surface area (Å²) in [6.07, 6.45) is 0. The maximum atomic E-state index is 11.4. The molecule has 0 aromatic carbocycles. The van der Waals surface area contributed by atoms with Crippen molar-refractivity contribution in [1.82, 2.24) is 10.3 Å². The number of aromatic amines is 1. The number of rotatable bonds is 4. The third-order valence-electron chi connectivity index (χ3n) is 1.66. The molecule has 1 heterocycles. The summed E-state index contributed by atoms with van der Waals surface area (Å²) in [4.78, 5) is 23.5. The van der Waals surface area contributed by atoms with Crippen LogP contribution < -0.4 is 5.32 Å². The summed E-state index contributed by atoms with van der Waals surface area (Å²) in [5.74, 6) is -0.616. The lowest BCUT2D eigenvalue weighted by Gasteiger charge is -2.02. The lowest BCUT2D eigenvalue weighted by Crippen LogP contribution is -2.28. The second-order valence-electron chi connectivity index (χ2n) is 3.01.